The van der Waals surface area contributed by atoms with Crippen molar-refractivity contribution in [3.05, 3.63) is 0 Å². The van der Waals surface area contributed by atoms with Crippen LogP contribution in [0.3, 0.4) is 0 Å². The molecule has 5 nitrogen and oxygen atoms in total. The minimum absolute atomic E-state index is 0.0162. The van der Waals surface area contributed by atoms with Gasteiger partial charge in [0.25, 0.3) is 0 Å². The van der Waals surface area contributed by atoms with Crippen LogP contribution in [-0.4, -0.2) is 31.1 Å². The van der Waals surface area contributed by atoms with Gasteiger partial charge in [0.05, 0.1) is 13.2 Å². The van der Waals surface area contributed by atoms with Crippen LogP contribution in [0, 0.1) is 5.92 Å². The maximum absolute atomic E-state index is 10.5. The zero-order chi connectivity index (χ0) is 13.4. The highest BCUT2D eigenvalue weighted by Gasteiger charge is 2.24. The summed E-state index contributed by atoms with van der Waals surface area (Å²) in [5.74, 6) is 0.463. The van der Waals surface area contributed by atoms with Gasteiger partial charge in [0.2, 0.25) is 5.91 Å². The molecule has 0 saturated carbocycles. The molecule has 2 unspecified atom stereocenters. The molecule has 3 N–H and O–H groups in total. The number of nitrogens with two attached hydrogens (primary N) is 1. The lowest BCUT2D eigenvalue weighted by Gasteiger charge is -2.00. The van der Waals surface area contributed by atoms with Crippen molar-refractivity contribution in [1.82, 2.24) is 5.32 Å². The second kappa shape index (κ2) is 8.06. The number of hydrogen-bond acceptors (Lipinski definition) is 4. The van der Waals surface area contributed by atoms with Gasteiger partial charge in [-0.25, -0.2) is 0 Å². The fourth-order valence-electron chi connectivity index (χ4n) is 1.41. The van der Waals surface area contributed by atoms with E-state index in [9.17, 15) is 9.59 Å². The number of rotatable bonds is 3. The number of esters is 1. The summed E-state index contributed by atoms with van der Waals surface area (Å²) < 4.78 is 4.46. The van der Waals surface area contributed by atoms with Crippen molar-refractivity contribution in [3.8, 4) is 0 Å². The van der Waals surface area contributed by atoms with Crippen LogP contribution in [-0.2, 0) is 14.3 Å². The first-order chi connectivity index (χ1) is 7.86. The molecule has 0 radical (unpaired) electrons. The van der Waals surface area contributed by atoms with E-state index in [0.717, 1.165) is 12.8 Å². The minimum Gasteiger partial charge on any atom is -0.469 e. The Morgan fingerprint density at radius 1 is 1.59 bits per heavy atom. The van der Waals surface area contributed by atoms with Crippen molar-refractivity contribution in [2.45, 2.75) is 52.1 Å². The molecule has 1 heterocycles. The SMILES string of the molecule is CC1CC(N)C(=O)N1.COC(=O)CCC(C)C. The highest BCUT2D eigenvalue weighted by Crippen LogP contribution is 2.03. The Labute approximate surface area is 103 Å². The molecule has 1 aliphatic rings. The minimum atomic E-state index is -0.259. The second-order valence-corrected chi connectivity index (χ2v) is 4.76. The summed E-state index contributed by atoms with van der Waals surface area (Å²) in [6, 6.07) is 0.0162. The number of carbonyl (C=O) groups excluding carboxylic acids is 2. The zero-order valence-electron chi connectivity index (χ0n) is 11.2. The van der Waals surface area contributed by atoms with E-state index in [4.69, 9.17) is 5.73 Å². The molecule has 0 aromatic carbocycles. The monoisotopic (exact) mass is 244 g/mol. The van der Waals surface area contributed by atoms with Crippen LogP contribution in [0.25, 0.3) is 0 Å². The summed E-state index contributed by atoms with van der Waals surface area (Å²) >= 11 is 0. The van der Waals surface area contributed by atoms with Crippen LogP contribution >= 0.6 is 0 Å². The van der Waals surface area contributed by atoms with E-state index in [1.807, 2.05) is 6.92 Å². The largest absolute Gasteiger partial charge is 0.469 e. The molecule has 17 heavy (non-hydrogen) atoms. The van der Waals surface area contributed by atoms with Crippen LogP contribution in [0.5, 0.6) is 0 Å². The van der Waals surface area contributed by atoms with Crippen LogP contribution in [0.2, 0.25) is 0 Å². The van der Waals surface area contributed by atoms with Gasteiger partial charge < -0.3 is 15.8 Å². The first kappa shape index (κ1) is 15.9. The lowest BCUT2D eigenvalue weighted by molar-refractivity contribution is -0.140. The van der Waals surface area contributed by atoms with E-state index in [1.54, 1.807) is 0 Å². The summed E-state index contributed by atoms with van der Waals surface area (Å²) in [6.45, 7) is 6.12. The Balaban J connectivity index is 0.000000302. The average Bonchev–Trinajstić information content (AvgIpc) is 2.53. The Morgan fingerprint density at radius 2 is 2.18 bits per heavy atom. The third-order valence-corrected chi connectivity index (χ3v) is 2.49. The highest BCUT2D eigenvalue weighted by molar-refractivity contribution is 5.83. The molecule has 0 aromatic heterocycles. The van der Waals surface area contributed by atoms with Gasteiger partial charge in [-0.15, -0.1) is 0 Å². The van der Waals surface area contributed by atoms with Crippen LogP contribution in [0.15, 0.2) is 0 Å². The van der Waals surface area contributed by atoms with E-state index in [0.29, 0.717) is 12.3 Å². The predicted molar refractivity (Wildman–Crippen MR) is 66.3 cm³/mol. The summed E-state index contributed by atoms with van der Waals surface area (Å²) in [7, 11) is 1.42. The number of ether oxygens (including phenoxy) is 1. The van der Waals surface area contributed by atoms with Gasteiger partial charge in [0, 0.05) is 12.5 Å². The number of methoxy groups -OCH3 is 1. The number of amides is 1. The molecule has 1 rings (SSSR count). The van der Waals surface area contributed by atoms with Gasteiger partial charge in [-0.1, -0.05) is 13.8 Å². The van der Waals surface area contributed by atoms with Crippen molar-refractivity contribution in [1.29, 1.82) is 0 Å². The Kier molecular flexibility index (Phi) is 7.54. The standard InChI is InChI=1S/C7H14O2.C5H10N2O/c1-6(2)4-5-7(8)9-3;1-3-2-4(6)5(8)7-3/h6H,4-5H2,1-3H3;3-4H,2,6H2,1H3,(H,7,8). The van der Waals surface area contributed by atoms with E-state index < -0.39 is 0 Å². The molecule has 0 spiro atoms. The van der Waals surface area contributed by atoms with Gasteiger partial charge in [-0.05, 0) is 25.7 Å². The van der Waals surface area contributed by atoms with E-state index in [-0.39, 0.29) is 24.0 Å². The third-order valence-electron chi connectivity index (χ3n) is 2.49. The molecule has 0 aliphatic carbocycles. The average molecular weight is 244 g/mol. The quantitative estimate of drug-likeness (QED) is 0.720. The van der Waals surface area contributed by atoms with Crippen LogP contribution in [0.1, 0.15) is 40.0 Å². The molecular formula is C12H24N2O3. The van der Waals surface area contributed by atoms with Crippen molar-refractivity contribution >= 4 is 11.9 Å². The third kappa shape index (κ3) is 7.74. The number of hydrogen-bond donors (Lipinski definition) is 2. The first-order valence-electron chi connectivity index (χ1n) is 5.99. The maximum atomic E-state index is 10.5. The van der Waals surface area contributed by atoms with E-state index in [2.05, 4.69) is 23.9 Å². The second-order valence-electron chi connectivity index (χ2n) is 4.76. The van der Waals surface area contributed by atoms with E-state index in [1.165, 1.54) is 7.11 Å². The number of nitrogens with one attached hydrogen (secondary N) is 1. The van der Waals surface area contributed by atoms with Gasteiger partial charge in [-0.3, -0.25) is 9.59 Å². The molecule has 0 bridgehead atoms. The Morgan fingerprint density at radius 3 is 2.41 bits per heavy atom. The molecule has 100 valence electrons. The highest BCUT2D eigenvalue weighted by atomic mass is 16.5. The number of carbonyl (C=O) groups is 2. The lowest BCUT2D eigenvalue weighted by atomic mass is 10.1. The molecule has 2 atom stereocenters. The van der Waals surface area contributed by atoms with E-state index >= 15 is 0 Å². The lowest BCUT2D eigenvalue weighted by Crippen LogP contribution is -2.30. The fourth-order valence-corrected chi connectivity index (χ4v) is 1.41. The van der Waals surface area contributed by atoms with Gasteiger partial charge in [0.15, 0.2) is 0 Å². The maximum Gasteiger partial charge on any atom is 0.305 e. The molecular weight excluding hydrogens is 220 g/mol. The van der Waals surface area contributed by atoms with Crippen molar-refractivity contribution in [2.24, 2.45) is 11.7 Å². The molecule has 1 fully saturated rings. The predicted octanol–water partition coefficient (Wildman–Crippen LogP) is 0.818. The summed E-state index contributed by atoms with van der Waals surface area (Å²) in [4.78, 5) is 21.0. The van der Waals surface area contributed by atoms with Gasteiger partial charge >= 0.3 is 5.97 Å². The van der Waals surface area contributed by atoms with Crippen molar-refractivity contribution in [2.75, 3.05) is 7.11 Å². The summed E-state index contributed by atoms with van der Waals surface area (Å²) in [6.07, 6.45) is 2.25. The molecule has 1 amide bonds. The van der Waals surface area contributed by atoms with Gasteiger partial charge in [-0.2, -0.15) is 0 Å². The molecule has 5 heteroatoms. The molecule has 0 aromatic rings. The topological polar surface area (TPSA) is 81.4 Å². The first-order valence-corrected chi connectivity index (χ1v) is 5.99. The fraction of sp³-hybridized carbons (Fsp3) is 0.833. The zero-order valence-corrected chi connectivity index (χ0v) is 11.2. The Hall–Kier alpha value is -1.10. The van der Waals surface area contributed by atoms with Crippen LogP contribution in [0.4, 0.5) is 0 Å². The van der Waals surface area contributed by atoms with Crippen molar-refractivity contribution < 1.29 is 14.3 Å². The van der Waals surface area contributed by atoms with Crippen LogP contribution < -0.4 is 11.1 Å². The molecule has 1 aliphatic heterocycles. The van der Waals surface area contributed by atoms with Crippen molar-refractivity contribution in [3.63, 3.8) is 0 Å². The van der Waals surface area contributed by atoms with Gasteiger partial charge in [0.1, 0.15) is 0 Å². The smallest absolute Gasteiger partial charge is 0.305 e. The molecule has 1 saturated heterocycles. The Bertz CT molecular complexity index is 254. The normalized spacial score (nSPS) is 22.8. The summed E-state index contributed by atoms with van der Waals surface area (Å²) in [5.41, 5.74) is 5.36. The summed E-state index contributed by atoms with van der Waals surface area (Å²) in [5, 5.41) is 2.70.